The van der Waals surface area contributed by atoms with Crippen LogP contribution in [0, 0.1) is 0 Å². The third-order valence-electron chi connectivity index (χ3n) is 5.12. The number of carbonyl (C=O) groups excluding carboxylic acids is 1. The number of amides is 1. The number of halogens is 3. The molecule has 0 spiro atoms. The first-order valence-electron chi connectivity index (χ1n) is 9.91. The van der Waals surface area contributed by atoms with Crippen molar-refractivity contribution in [2.75, 3.05) is 6.54 Å². The molecule has 0 aliphatic heterocycles. The van der Waals surface area contributed by atoms with Crippen LogP contribution < -0.4 is 5.32 Å². The number of pyridine rings is 1. The molecule has 0 atom stereocenters. The van der Waals surface area contributed by atoms with E-state index in [2.05, 4.69) is 10.3 Å². The van der Waals surface area contributed by atoms with E-state index in [-0.39, 0.29) is 23.6 Å². The van der Waals surface area contributed by atoms with Gasteiger partial charge in [-0.05, 0) is 64.4 Å². The van der Waals surface area contributed by atoms with Gasteiger partial charge in [-0.15, -0.1) is 0 Å². The Morgan fingerprint density at radius 1 is 1.06 bits per heavy atom. The van der Waals surface area contributed by atoms with Crippen LogP contribution in [0.4, 0.5) is 13.2 Å². The number of nitrogens with one attached hydrogen (secondary N) is 1. The second-order valence-corrected chi connectivity index (χ2v) is 13.3. The molecule has 0 bridgehead atoms. The maximum absolute atomic E-state index is 13.0. The number of nitrogens with zero attached hydrogens (tertiary/aromatic N) is 1. The zero-order valence-corrected chi connectivity index (χ0v) is 20.1. The zero-order valence-electron chi connectivity index (χ0n) is 18.5. The second-order valence-electron chi connectivity index (χ2n) is 8.24. The molecule has 1 N–H and O–H groups in total. The van der Waals surface area contributed by atoms with Crippen molar-refractivity contribution < 1.29 is 34.8 Å². The number of benzene rings is 1. The fourth-order valence-electron chi connectivity index (χ4n) is 2.90. The first-order chi connectivity index (χ1) is 15.0. The summed E-state index contributed by atoms with van der Waals surface area (Å²) in [7, 11) is -7.98. The normalized spacial score (nSPS) is 13.2. The quantitative estimate of drug-likeness (QED) is 0.585. The summed E-state index contributed by atoms with van der Waals surface area (Å²) >= 11 is 0. The molecule has 12 heteroatoms. The zero-order chi connectivity index (χ0) is 25.2. The lowest BCUT2D eigenvalue weighted by Crippen LogP contribution is -2.37. The summed E-state index contributed by atoms with van der Waals surface area (Å²) < 4.78 is 88.3. The fraction of sp³-hybridized carbons (Fsp3) is 0.429. The first kappa shape index (κ1) is 26.8. The van der Waals surface area contributed by atoms with Gasteiger partial charge in [0.15, 0.2) is 19.7 Å². The van der Waals surface area contributed by atoms with Crippen molar-refractivity contribution in [1.29, 1.82) is 0 Å². The van der Waals surface area contributed by atoms with Gasteiger partial charge in [-0.2, -0.15) is 13.2 Å². The summed E-state index contributed by atoms with van der Waals surface area (Å²) in [6.45, 7) is 5.42. The van der Waals surface area contributed by atoms with E-state index in [0.29, 0.717) is 6.07 Å². The highest BCUT2D eigenvalue weighted by atomic mass is 32.2. The Balaban J connectivity index is 2.20. The maximum Gasteiger partial charge on any atom is 0.416 e. The monoisotopic (exact) mass is 506 g/mol. The van der Waals surface area contributed by atoms with Crippen LogP contribution in [-0.4, -0.2) is 44.3 Å². The molecule has 0 aliphatic carbocycles. The molecule has 182 valence electrons. The molecule has 2 rings (SSSR count). The number of aromatic nitrogens is 1. The molecular formula is C21H25F3N2O5S2. The van der Waals surface area contributed by atoms with Crippen LogP contribution in [0.15, 0.2) is 52.4 Å². The van der Waals surface area contributed by atoms with Crippen LogP contribution in [0.1, 0.15) is 50.2 Å². The topological polar surface area (TPSA) is 110 Å². The Labute approximate surface area is 191 Å². The van der Waals surface area contributed by atoms with Crippen LogP contribution >= 0.6 is 0 Å². The van der Waals surface area contributed by atoms with Crippen molar-refractivity contribution in [2.24, 2.45) is 0 Å². The number of rotatable bonds is 8. The van der Waals surface area contributed by atoms with Crippen molar-refractivity contribution in [2.45, 2.75) is 60.1 Å². The van der Waals surface area contributed by atoms with E-state index in [1.54, 1.807) is 0 Å². The molecule has 0 radical (unpaired) electrons. The SMILES string of the molecule is CC(C)S(=O)(=O)c1cccnc1C(=O)NCCC(C)(C)S(=O)(=O)c1cccc(C(F)(F)F)c1. The summed E-state index contributed by atoms with van der Waals surface area (Å²) in [5.74, 6) is -0.804. The van der Waals surface area contributed by atoms with Gasteiger partial charge in [-0.3, -0.25) is 4.79 Å². The van der Waals surface area contributed by atoms with Crippen LogP contribution in [0.2, 0.25) is 0 Å². The molecule has 1 aromatic heterocycles. The minimum absolute atomic E-state index is 0.142. The molecule has 0 unspecified atom stereocenters. The number of carbonyl (C=O) groups is 1. The average molecular weight is 507 g/mol. The van der Waals surface area contributed by atoms with Gasteiger partial charge in [-0.1, -0.05) is 6.07 Å². The molecule has 0 saturated carbocycles. The second kappa shape index (κ2) is 9.41. The van der Waals surface area contributed by atoms with Gasteiger partial charge in [0.05, 0.1) is 25.4 Å². The summed E-state index contributed by atoms with van der Waals surface area (Å²) in [5, 5.41) is 1.67. The van der Waals surface area contributed by atoms with Gasteiger partial charge in [-0.25, -0.2) is 21.8 Å². The van der Waals surface area contributed by atoms with E-state index in [9.17, 15) is 34.8 Å². The van der Waals surface area contributed by atoms with E-state index >= 15 is 0 Å². The van der Waals surface area contributed by atoms with Crippen LogP contribution in [0.3, 0.4) is 0 Å². The summed E-state index contributed by atoms with van der Waals surface area (Å²) in [6, 6.07) is 6.11. The molecule has 1 amide bonds. The van der Waals surface area contributed by atoms with Crippen molar-refractivity contribution >= 4 is 25.6 Å². The molecule has 0 aliphatic rings. The third-order valence-corrected chi connectivity index (χ3v) is 9.84. The van der Waals surface area contributed by atoms with E-state index in [1.165, 1.54) is 46.0 Å². The highest BCUT2D eigenvalue weighted by Gasteiger charge is 2.38. The van der Waals surface area contributed by atoms with Gasteiger partial charge in [0.25, 0.3) is 5.91 Å². The van der Waals surface area contributed by atoms with Gasteiger partial charge in [0.1, 0.15) is 5.69 Å². The summed E-state index contributed by atoms with van der Waals surface area (Å²) in [4.78, 5) is 15.7. The molecule has 7 nitrogen and oxygen atoms in total. The first-order valence-corrected chi connectivity index (χ1v) is 12.9. The van der Waals surface area contributed by atoms with Crippen molar-refractivity contribution in [3.63, 3.8) is 0 Å². The molecular weight excluding hydrogens is 481 g/mol. The molecule has 0 saturated heterocycles. The Morgan fingerprint density at radius 2 is 1.70 bits per heavy atom. The Morgan fingerprint density at radius 3 is 2.27 bits per heavy atom. The molecule has 0 fully saturated rings. The smallest absolute Gasteiger partial charge is 0.351 e. The Kier molecular flexibility index (Phi) is 7.64. The number of hydrogen-bond acceptors (Lipinski definition) is 6. The number of sulfone groups is 2. The highest BCUT2D eigenvalue weighted by Crippen LogP contribution is 2.34. The predicted octanol–water partition coefficient (Wildman–Crippen LogP) is 3.65. The maximum atomic E-state index is 13.0. The van der Waals surface area contributed by atoms with Crippen LogP contribution in [-0.2, 0) is 25.9 Å². The van der Waals surface area contributed by atoms with E-state index in [1.807, 2.05) is 0 Å². The minimum Gasteiger partial charge on any atom is -0.351 e. The lowest BCUT2D eigenvalue weighted by atomic mass is 10.1. The summed E-state index contributed by atoms with van der Waals surface area (Å²) in [5.41, 5.74) is -1.40. The lowest BCUT2D eigenvalue weighted by molar-refractivity contribution is -0.137. The summed E-state index contributed by atoms with van der Waals surface area (Å²) in [6.07, 6.45) is -3.58. The molecule has 33 heavy (non-hydrogen) atoms. The Hall–Kier alpha value is -2.47. The fourth-order valence-corrected chi connectivity index (χ4v) is 5.64. The van der Waals surface area contributed by atoms with Gasteiger partial charge >= 0.3 is 6.18 Å². The van der Waals surface area contributed by atoms with E-state index in [4.69, 9.17) is 0 Å². The standard InChI is InChI=1S/C21H25F3N2O5S2/c1-14(2)32(28,29)17-9-6-11-25-18(17)19(27)26-12-10-20(3,4)33(30,31)16-8-5-7-15(13-16)21(22,23)24/h5-9,11,13-14H,10,12H2,1-4H3,(H,26,27). The number of hydrogen-bond donors (Lipinski definition) is 1. The minimum atomic E-state index is -4.69. The largest absolute Gasteiger partial charge is 0.416 e. The highest BCUT2D eigenvalue weighted by molar-refractivity contribution is 7.92. The van der Waals surface area contributed by atoms with Crippen LogP contribution in [0.5, 0.6) is 0 Å². The average Bonchev–Trinajstić information content (AvgIpc) is 2.72. The van der Waals surface area contributed by atoms with E-state index < -0.39 is 52.2 Å². The van der Waals surface area contributed by atoms with Gasteiger partial charge < -0.3 is 5.32 Å². The van der Waals surface area contributed by atoms with Gasteiger partial charge in [0, 0.05) is 12.7 Å². The molecule has 1 aromatic carbocycles. The molecule has 2 aromatic rings. The van der Waals surface area contributed by atoms with Crippen LogP contribution in [0.25, 0.3) is 0 Å². The lowest BCUT2D eigenvalue weighted by Gasteiger charge is -2.25. The van der Waals surface area contributed by atoms with Gasteiger partial charge in [0.2, 0.25) is 0 Å². The predicted molar refractivity (Wildman–Crippen MR) is 116 cm³/mol. The van der Waals surface area contributed by atoms with Crippen molar-refractivity contribution in [1.82, 2.24) is 10.3 Å². The number of alkyl halides is 3. The molecule has 1 heterocycles. The van der Waals surface area contributed by atoms with E-state index in [0.717, 1.165) is 18.2 Å². The third kappa shape index (κ3) is 5.72. The van der Waals surface area contributed by atoms with Crippen molar-refractivity contribution in [3.8, 4) is 0 Å². The Bertz CT molecular complexity index is 1240. The van der Waals surface area contributed by atoms with Crippen molar-refractivity contribution in [3.05, 3.63) is 53.9 Å².